The summed E-state index contributed by atoms with van der Waals surface area (Å²) in [5.74, 6) is 0.492. The van der Waals surface area contributed by atoms with Gasteiger partial charge in [0.05, 0.1) is 41.0 Å². The van der Waals surface area contributed by atoms with E-state index < -0.39 is 27.0 Å². The Bertz CT molecular complexity index is 1940. The van der Waals surface area contributed by atoms with Crippen LogP contribution >= 0.6 is 11.3 Å². The monoisotopic (exact) mass is 643 g/mol. The first-order valence-electron chi connectivity index (χ1n) is 14.0. The fourth-order valence-corrected chi connectivity index (χ4v) is 8.11. The maximum Gasteiger partial charge on any atom is 0.291 e. The second kappa shape index (κ2) is 10.4. The number of hydrogen-bond donors (Lipinski definition) is 1. The number of amides is 1. The normalized spacial score (nSPS) is 22.0. The first-order chi connectivity index (χ1) is 21.0. The highest BCUT2D eigenvalue weighted by atomic mass is 32.2. The molecule has 5 heterocycles. The van der Waals surface area contributed by atoms with Gasteiger partial charge in [0.25, 0.3) is 6.43 Å². The van der Waals surface area contributed by atoms with E-state index >= 15 is 0 Å². The second-order valence-corrected chi connectivity index (χ2v) is 14.2. The molecule has 0 spiro atoms. The SMILES string of the molecule is C[C@@H]1CN(c2ncnc3c2c2ccc(S(=O)(=O)NC4(C#N)CC4)cc2n3-c2nnc(C(F)F)s2)C[C@H](C)N1C(=O)C1COC1. The van der Waals surface area contributed by atoms with E-state index in [-0.39, 0.29) is 33.9 Å². The maximum atomic E-state index is 13.5. The second-order valence-electron chi connectivity index (χ2n) is 11.5. The lowest BCUT2D eigenvalue weighted by atomic mass is 10.0. The molecule has 44 heavy (non-hydrogen) atoms. The lowest BCUT2D eigenvalue weighted by Gasteiger charge is -2.47. The number of ether oxygens (including phenoxy) is 1. The molecule has 4 aromatic rings. The zero-order valence-electron chi connectivity index (χ0n) is 23.6. The summed E-state index contributed by atoms with van der Waals surface area (Å²) in [5, 5.41) is 17.8. The third kappa shape index (κ3) is 4.67. The van der Waals surface area contributed by atoms with E-state index in [2.05, 4.69) is 29.8 Å². The highest BCUT2D eigenvalue weighted by Gasteiger charge is 2.47. The summed E-state index contributed by atoms with van der Waals surface area (Å²) >= 11 is 0.676. The first-order valence-corrected chi connectivity index (χ1v) is 16.3. The molecule has 1 aromatic carbocycles. The van der Waals surface area contributed by atoms with E-state index in [0.29, 0.717) is 78.2 Å². The lowest BCUT2D eigenvalue weighted by molar-refractivity contribution is -0.154. The molecule has 7 rings (SSSR count). The molecule has 1 amide bonds. The predicted molar refractivity (Wildman–Crippen MR) is 155 cm³/mol. The van der Waals surface area contributed by atoms with Crippen LogP contribution in [0.4, 0.5) is 14.6 Å². The predicted octanol–water partition coefficient (Wildman–Crippen LogP) is 2.77. The Morgan fingerprint density at radius 1 is 1.18 bits per heavy atom. The van der Waals surface area contributed by atoms with Gasteiger partial charge in [-0.1, -0.05) is 17.4 Å². The number of sulfonamides is 1. The molecule has 1 aliphatic carbocycles. The smallest absolute Gasteiger partial charge is 0.291 e. The third-order valence-electron chi connectivity index (χ3n) is 8.37. The van der Waals surface area contributed by atoms with E-state index in [0.717, 1.165) is 0 Å². The number of nitrogens with one attached hydrogen (secondary N) is 1. The van der Waals surface area contributed by atoms with Gasteiger partial charge in [-0.25, -0.2) is 27.2 Å². The zero-order valence-corrected chi connectivity index (χ0v) is 25.3. The van der Waals surface area contributed by atoms with Crippen molar-refractivity contribution in [3.63, 3.8) is 0 Å². The fraction of sp³-hybridized carbons (Fsp3) is 0.481. The van der Waals surface area contributed by atoms with Gasteiger partial charge in [-0.05, 0) is 38.8 Å². The van der Waals surface area contributed by atoms with Crippen molar-refractivity contribution in [2.75, 3.05) is 31.2 Å². The molecular formula is C27H27F2N9O4S2. The number of aromatic nitrogens is 5. The Hall–Kier alpha value is -3.85. The van der Waals surface area contributed by atoms with Crippen LogP contribution in [0.5, 0.6) is 0 Å². The number of fused-ring (bicyclic) bond motifs is 3. The highest BCUT2D eigenvalue weighted by Crippen LogP contribution is 2.40. The fourth-order valence-electron chi connectivity index (χ4n) is 6.00. The van der Waals surface area contributed by atoms with E-state index in [1.165, 1.54) is 23.0 Å². The molecule has 1 saturated carbocycles. The van der Waals surface area contributed by atoms with Crippen molar-refractivity contribution in [3.05, 3.63) is 29.5 Å². The molecule has 3 fully saturated rings. The van der Waals surface area contributed by atoms with Gasteiger partial charge in [-0.3, -0.25) is 9.36 Å². The van der Waals surface area contributed by atoms with Gasteiger partial charge in [0.2, 0.25) is 21.1 Å². The topological polar surface area (TPSA) is 159 Å². The Labute approximate surface area is 254 Å². The molecule has 0 unspecified atom stereocenters. The van der Waals surface area contributed by atoms with Crippen molar-refractivity contribution in [1.29, 1.82) is 5.26 Å². The van der Waals surface area contributed by atoms with E-state index in [1.54, 1.807) is 6.07 Å². The van der Waals surface area contributed by atoms with Crippen LogP contribution < -0.4 is 9.62 Å². The van der Waals surface area contributed by atoms with Crippen molar-refractivity contribution in [2.45, 2.75) is 55.6 Å². The van der Waals surface area contributed by atoms with Crippen LogP contribution in [-0.4, -0.2) is 87.9 Å². The molecule has 0 radical (unpaired) electrons. The summed E-state index contributed by atoms with van der Waals surface area (Å²) in [6, 6.07) is 6.23. The van der Waals surface area contributed by atoms with Crippen molar-refractivity contribution >= 4 is 55.0 Å². The highest BCUT2D eigenvalue weighted by molar-refractivity contribution is 7.89. The number of halogens is 2. The van der Waals surface area contributed by atoms with Crippen molar-refractivity contribution < 1.29 is 26.7 Å². The molecule has 2 aliphatic heterocycles. The quantitative estimate of drug-likeness (QED) is 0.317. The average molecular weight is 644 g/mol. The summed E-state index contributed by atoms with van der Waals surface area (Å²) in [6.45, 7) is 5.76. The minimum atomic E-state index is -4.10. The number of carbonyl (C=O) groups excluding carboxylic acids is 1. The number of nitriles is 1. The number of rotatable bonds is 7. The minimum absolute atomic E-state index is 0.0677. The van der Waals surface area contributed by atoms with Gasteiger partial charge in [0.1, 0.15) is 17.7 Å². The molecule has 3 aromatic heterocycles. The number of hydrogen-bond acceptors (Lipinski definition) is 11. The van der Waals surface area contributed by atoms with Gasteiger partial charge in [0, 0.05) is 30.6 Å². The van der Waals surface area contributed by atoms with Crippen LogP contribution in [-0.2, 0) is 19.6 Å². The van der Waals surface area contributed by atoms with Gasteiger partial charge in [-0.15, -0.1) is 10.2 Å². The average Bonchev–Trinajstić information content (AvgIpc) is 3.39. The van der Waals surface area contributed by atoms with Gasteiger partial charge < -0.3 is 14.5 Å². The number of nitrogens with zero attached hydrogens (tertiary/aromatic N) is 8. The number of piperazine rings is 1. The largest absolute Gasteiger partial charge is 0.380 e. The Kier molecular flexibility index (Phi) is 6.81. The molecule has 13 nitrogen and oxygen atoms in total. The van der Waals surface area contributed by atoms with Crippen molar-refractivity contribution in [1.82, 2.24) is 34.4 Å². The Balaban J connectivity index is 1.36. The van der Waals surface area contributed by atoms with Crippen molar-refractivity contribution in [3.8, 4) is 11.2 Å². The Morgan fingerprint density at radius 3 is 2.50 bits per heavy atom. The summed E-state index contributed by atoms with van der Waals surface area (Å²) in [4.78, 5) is 26.1. The van der Waals surface area contributed by atoms with Gasteiger partial charge in [-0.2, -0.15) is 9.98 Å². The van der Waals surface area contributed by atoms with Crippen molar-refractivity contribution in [2.24, 2.45) is 5.92 Å². The van der Waals surface area contributed by atoms with Crippen LogP contribution in [0.15, 0.2) is 29.4 Å². The van der Waals surface area contributed by atoms with Crippen LogP contribution in [0.2, 0.25) is 0 Å². The molecule has 1 N–H and O–H groups in total. The zero-order chi connectivity index (χ0) is 31.0. The van der Waals surface area contributed by atoms with Gasteiger partial charge in [0.15, 0.2) is 10.7 Å². The Morgan fingerprint density at radius 2 is 1.91 bits per heavy atom. The minimum Gasteiger partial charge on any atom is -0.380 e. The lowest BCUT2D eigenvalue weighted by Crippen LogP contribution is -2.61. The molecule has 17 heteroatoms. The third-order valence-corrected chi connectivity index (χ3v) is 10.8. The standard InChI is InChI=1S/C27H27F2N9O4S2/c1-14-8-36(9-15(2)37(14)25(39)16-10-42-11-16)22-20-18-4-3-17(44(40,41)35-27(12-30)5-6-27)7-19(18)38(23(20)32-13-31-22)26-34-33-24(43-26)21(28)29/h3-4,7,13-16,21,35H,5-6,8-11H2,1-2H3/t14-,15+. The number of alkyl halides is 2. The molecule has 2 atom stereocenters. The van der Waals surface area contributed by atoms with E-state index in [1.807, 2.05) is 24.8 Å². The molecule has 230 valence electrons. The van der Waals surface area contributed by atoms with Crippen LogP contribution in [0.3, 0.4) is 0 Å². The first kappa shape index (κ1) is 28.9. The number of carbonyl (C=O) groups is 1. The van der Waals surface area contributed by atoms with E-state index in [4.69, 9.17) is 4.74 Å². The van der Waals surface area contributed by atoms with E-state index in [9.17, 15) is 27.3 Å². The van der Waals surface area contributed by atoms with Crippen LogP contribution in [0, 0.1) is 17.2 Å². The summed E-state index contributed by atoms with van der Waals surface area (Å²) in [7, 11) is -4.10. The van der Waals surface area contributed by atoms with Crippen LogP contribution in [0.25, 0.3) is 27.1 Å². The summed E-state index contributed by atoms with van der Waals surface area (Å²) < 4.78 is 62.9. The molecular weight excluding hydrogens is 616 g/mol. The van der Waals surface area contributed by atoms with Crippen LogP contribution in [0.1, 0.15) is 38.1 Å². The summed E-state index contributed by atoms with van der Waals surface area (Å²) in [5.41, 5.74) is -0.443. The molecule has 2 saturated heterocycles. The number of benzene rings is 1. The molecule has 3 aliphatic rings. The summed E-state index contributed by atoms with van der Waals surface area (Å²) in [6.07, 6.45) is -0.650. The number of anilines is 1. The van der Waals surface area contributed by atoms with Gasteiger partial charge >= 0.3 is 0 Å². The maximum absolute atomic E-state index is 13.5. The molecule has 0 bridgehead atoms.